The Morgan fingerprint density at radius 3 is 2.62 bits per heavy atom. The Bertz CT molecular complexity index is 372. The summed E-state index contributed by atoms with van der Waals surface area (Å²) in [5.74, 6) is 1.16. The Kier molecular flexibility index (Phi) is 4.81. The van der Waals surface area contributed by atoms with Crippen molar-refractivity contribution in [3.63, 3.8) is 0 Å². The Hall–Kier alpha value is -1.02. The second-order valence-corrected chi connectivity index (χ2v) is 4.48. The maximum absolute atomic E-state index is 10.4. The summed E-state index contributed by atoms with van der Waals surface area (Å²) in [5, 5.41) is 0.655. The predicted octanol–water partition coefficient (Wildman–Crippen LogP) is 3.60. The summed E-state index contributed by atoms with van der Waals surface area (Å²) in [7, 11) is 1.64. The minimum absolute atomic E-state index is 0.355. The number of aldehydes is 1. The third-order valence-electron chi connectivity index (χ3n) is 2.52. The first kappa shape index (κ1) is 13.0. The van der Waals surface area contributed by atoms with Gasteiger partial charge in [-0.05, 0) is 35.6 Å². The quantitative estimate of drug-likeness (QED) is 0.735. The smallest absolute Gasteiger partial charge is 0.124 e. The van der Waals surface area contributed by atoms with Gasteiger partial charge in [-0.15, -0.1) is 0 Å². The molecule has 0 spiro atoms. The van der Waals surface area contributed by atoms with E-state index >= 15 is 0 Å². The van der Waals surface area contributed by atoms with E-state index in [-0.39, 0.29) is 0 Å². The van der Waals surface area contributed by atoms with E-state index in [1.807, 2.05) is 12.1 Å². The van der Waals surface area contributed by atoms with Gasteiger partial charge in [0.25, 0.3) is 0 Å². The van der Waals surface area contributed by atoms with Crippen molar-refractivity contribution in [2.45, 2.75) is 32.6 Å². The van der Waals surface area contributed by atoms with E-state index in [1.54, 1.807) is 7.11 Å². The number of halogens is 1. The van der Waals surface area contributed by atoms with Gasteiger partial charge in [-0.2, -0.15) is 0 Å². The van der Waals surface area contributed by atoms with Gasteiger partial charge in [0, 0.05) is 11.4 Å². The maximum atomic E-state index is 10.4. The molecule has 0 fully saturated rings. The average Bonchev–Trinajstić information content (AvgIpc) is 2.24. The second kappa shape index (κ2) is 5.90. The summed E-state index contributed by atoms with van der Waals surface area (Å²) in [6, 6.07) is 3.74. The molecule has 1 rings (SSSR count). The van der Waals surface area contributed by atoms with Crippen molar-refractivity contribution in [2.24, 2.45) is 0 Å². The highest BCUT2D eigenvalue weighted by molar-refractivity contribution is 6.30. The highest BCUT2D eigenvalue weighted by Crippen LogP contribution is 2.33. The van der Waals surface area contributed by atoms with E-state index < -0.39 is 0 Å². The van der Waals surface area contributed by atoms with Crippen molar-refractivity contribution in [1.82, 2.24) is 0 Å². The fraction of sp³-hybridized carbons (Fsp3) is 0.462. The van der Waals surface area contributed by atoms with Crippen LogP contribution in [0.2, 0.25) is 5.02 Å². The van der Waals surface area contributed by atoms with Crippen molar-refractivity contribution in [3.05, 3.63) is 28.3 Å². The second-order valence-electron chi connectivity index (χ2n) is 4.04. The standard InChI is InChI=1S/C13H17ClO2/c1-9(2)13-10(5-4-6-15)7-11(14)8-12(13)16-3/h6-9H,4-5H2,1-3H3. The van der Waals surface area contributed by atoms with Crippen LogP contribution in [0.4, 0.5) is 0 Å². The summed E-state index contributed by atoms with van der Waals surface area (Å²) in [6.45, 7) is 4.21. The van der Waals surface area contributed by atoms with Crippen LogP contribution in [-0.4, -0.2) is 13.4 Å². The monoisotopic (exact) mass is 240 g/mol. The lowest BCUT2D eigenvalue weighted by Crippen LogP contribution is -2.01. The van der Waals surface area contributed by atoms with E-state index in [4.69, 9.17) is 16.3 Å². The number of carbonyl (C=O) groups is 1. The van der Waals surface area contributed by atoms with Crippen LogP contribution >= 0.6 is 11.6 Å². The first-order valence-electron chi connectivity index (χ1n) is 5.40. The molecular weight excluding hydrogens is 224 g/mol. The van der Waals surface area contributed by atoms with Gasteiger partial charge in [0.1, 0.15) is 12.0 Å². The molecule has 0 heterocycles. The van der Waals surface area contributed by atoms with E-state index in [1.165, 1.54) is 0 Å². The molecule has 0 radical (unpaired) electrons. The van der Waals surface area contributed by atoms with Crippen LogP contribution in [0.1, 0.15) is 37.3 Å². The first-order chi connectivity index (χ1) is 7.60. The van der Waals surface area contributed by atoms with Gasteiger partial charge in [-0.1, -0.05) is 25.4 Å². The summed E-state index contributed by atoms with van der Waals surface area (Å²) in [6.07, 6.45) is 2.16. The zero-order chi connectivity index (χ0) is 12.1. The maximum Gasteiger partial charge on any atom is 0.124 e. The molecule has 0 saturated heterocycles. The SMILES string of the molecule is COc1cc(Cl)cc(CCC=O)c1C(C)C. The molecule has 88 valence electrons. The molecule has 0 bridgehead atoms. The summed E-state index contributed by atoms with van der Waals surface area (Å²) in [5.41, 5.74) is 2.25. The molecule has 0 aliphatic heterocycles. The van der Waals surface area contributed by atoms with Crippen molar-refractivity contribution >= 4 is 17.9 Å². The number of benzene rings is 1. The Morgan fingerprint density at radius 2 is 2.12 bits per heavy atom. The van der Waals surface area contributed by atoms with Crippen molar-refractivity contribution in [1.29, 1.82) is 0 Å². The normalized spacial score (nSPS) is 10.6. The molecule has 0 aromatic heterocycles. The molecule has 0 aliphatic carbocycles. The number of rotatable bonds is 5. The van der Waals surface area contributed by atoms with Crippen molar-refractivity contribution < 1.29 is 9.53 Å². The number of ether oxygens (including phenoxy) is 1. The summed E-state index contributed by atoms with van der Waals surface area (Å²) >= 11 is 6.02. The van der Waals surface area contributed by atoms with Crippen LogP contribution in [0.5, 0.6) is 5.75 Å². The summed E-state index contributed by atoms with van der Waals surface area (Å²) < 4.78 is 5.34. The third kappa shape index (κ3) is 2.99. The molecule has 0 aliphatic rings. The van der Waals surface area contributed by atoms with E-state index in [9.17, 15) is 4.79 Å². The minimum Gasteiger partial charge on any atom is -0.496 e. The zero-order valence-corrected chi connectivity index (χ0v) is 10.7. The number of aryl methyl sites for hydroxylation is 1. The van der Waals surface area contributed by atoms with Gasteiger partial charge in [0.2, 0.25) is 0 Å². The topological polar surface area (TPSA) is 26.3 Å². The molecule has 0 amide bonds. The molecule has 3 heteroatoms. The van der Waals surface area contributed by atoms with E-state index in [2.05, 4.69) is 13.8 Å². The largest absolute Gasteiger partial charge is 0.496 e. The fourth-order valence-electron chi connectivity index (χ4n) is 1.89. The van der Waals surface area contributed by atoms with Crippen LogP contribution in [0.3, 0.4) is 0 Å². The summed E-state index contributed by atoms with van der Waals surface area (Å²) in [4.78, 5) is 10.4. The molecule has 1 aromatic carbocycles. The van der Waals surface area contributed by atoms with Crippen LogP contribution in [0.15, 0.2) is 12.1 Å². The Labute approximate surface area is 102 Å². The molecule has 0 N–H and O–H groups in total. The highest BCUT2D eigenvalue weighted by atomic mass is 35.5. The molecule has 0 saturated carbocycles. The van der Waals surface area contributed by atoms with Gasteiger partial charge in [-0.25, -0.2) is 0 Å². The highest BCUT2D eigenvalue weighted by Gasteiger charge is 2.14. The molecule has 0 unspecified atom stereocenters. The number of carbonyl (C=O) groups excluding carboxylic acids is 1. The molecular formula is C13H17ClO2. The first-order valence-corrected chi connectivity index (χ1v) is 5.77. The molecule has 1 aromatic rings. The van der Waals surface area contributed by atoms with Crippen molar-refractivity contribution in [2.75, 3.05) is 7.11 Å². The van der Waals surface area contributed by atoms with E-state index in [0.717, 1.165) is 23.2 Å². The van der Waals surface area contributed by atoms with Crippen LogP contribution in [0.25, 0.3) is 0 Å². The van der Waals surface area contributed by atoms with Gasteiger partial charge < -0.3 is 9.53 Å². The lowest BCUT2D eigenvalue weighted by atomic mass is 9.93. The van der Waals surface area contributed by atoms with Crippen LogP contribution in [0, 0.1) is 0 Å². The molecule has 2 nitrogen and oxygen atoms in total. The Balaban J connectivity index is 3.20. The number of hydrogen-bond acceptors (Lipinski definition) is 2. The fourth-order valence-corrected chi connectivity index (χ4v) is 2.12. The number of hydrogen-bond donors (Lipinski definition) is 0. The number of methoxy groups -OCH3 is 1. The Morgan fingerprint density at radius 1 is 1.44 bits per heavy atom. The lowest BCUT2D eigenvalue weighted by molar-refractivity contribution is -0.107. The van der Waals surface area contributed by atoms with Crippen molar-refractivity contribution in [3.8, 4) is 5.75 Å². The average molecular weight is 241 g/mol. The predicted molar refractivity (Wildman–Crippen MR) is 66.5 cm³/mol. The van der Waals surface area contributed by atoms with Crippen LogP contribution < -0.4 is 4.74 Å². The van der Waals surface area contributed by atoms with Gasteiger partial charge in [0.05, 0.1) is 7.11 Å². The molecule has 0 atom stereocenters. The minimum atomic E-state index is 0.355. The third-order valence-corrected chi connectivity index (χ3v) is 2.74. The molecule has 16 heavy (non-hydrogen) atoms. The van der Waals surface area contributed by atoms with E-state index in [0.29, 0.717) is 23.8 Å². The van der Waals surface area contributed by atoms with Gasteiger partial charge >= 0.3 is 0 Å². The zero-order valence-electron chi connectivity index (χ0n) is 9.92. The van der Waals surface area contributed by atoms with Gasteiger partial charge in [0.15, 0.2) is 0 Å². The lowest BCUT2D eigenvalue weighted by Gasteiger charge is -2.17. The van der Waals surface area contributed by atoms with Crippen LogP contribution in [-0.2, 0) is 11.2 Å². The van der Waals surface area contributed by atoms with Gasteiger partial charge in [-0.3, -0.25) is 0 Å².